The molecule has 2 fully saturated rings. The number of piperidine rings is 1. The van der Waals surface area contributed by atoms with Crippen LogP contribution in [0.5, 0.6) is 0 Å². The van der Waals surface area contributed by atoms with Gasteiger partial charge in [-0.25, -0.2) is 0 Å². The summed E-state index contributed by atoms with van der Waals surface area (Å²) < 4.78 is 0. The maximum Gasteiger partial charge on any atom is 0.0110 e. The van der Waals surface area contributed by atoms with Crippen molar-refractivity contribution < 1.29 is 0 Å². The van der Waals surface area contributed by atoms with Gasteiger partial charge in [0.2, 0.25) is 0 Å². The number of piperazine rings is 1. The molecule has 2 rings (SSSR count). The Balaban J connectivity index is 0.00000127. The molecule has 138 valence electrons. The van der Waals surface area contributed by atoms with Crippen LogP contribution in [-0.4, -0.2) is 98.6 Å². The van der Waals surface area contributed by atoms with E-state index in [9.17, 15) is 0 Å². The standard InChI is InChI=1S/C17H36N4.C2H6/c1-16(2)19(4)11-14-20-7-5-17(6-8-20)15-21-12-9-18(3)10-13-21;1-2/h16-17H,5-15H2,1-4H3;1-2H3. The molecule has 0 bridgehead atoms. The summed E-state index contributed by atoms with van der Waals surface area (Å²) in [6.07, 6.45) is 2.80. The van der Waals surface area contributed by atoms with Crippen LogP contribution in [0.25, 0.3) is 0 Å². The molecule has 0 amide bonds. The van der Waals surface area contributed by atoms with Gasteiger partial charge in [-0.3, -0.25) is 0 Å². The van der Waals surface area contributed by atoms with E-state index in [1.165, 1.54) is 71.7 Å². The Labute approximate surface area is 145 Å². The molecule has 2 saturated heterocycles. The highest BCUT2D eigenvalue weighted by molar-refractivity contribution is 4.78. The van der Waals surface area contributed by atoms with Crippen LogP contribution in [0, 0.1) is 5.92 Å². The van der Waals surface area contributed by atoms with Crippen LogP contribution in [0.15, 0.2) is 0 Å². The normalized spacial score (nSPS) is 22.4. The van der Waals surface area contributed by atoms with Gasteiger partial charge in [-0.15, -0.1) is 0 Å². The molecule has 0 saturated carbocycles. The van der Waals surface area contributed by atoms with Crippen molar-refractivity contribution in [3.05, 3.63) is 0 Å². The number of likely N-dealkylation sites (tertiary alicyclic amines) is 1. The number of hydrogen-bond donors (Lipinski definition) is 0. The van der Waals surface area contributed by atoms with Gasteiger partial charge in [0.25, 0.3) is 0 Å². The fourth-order valence-corrected chi connectivity index (χ4v) is 3.35. The van der Waals surface area contributed by atoms with Crippen molar-refractivity contribution in [1.29, 1.82) is 0 Å². The highest BCUT2D eigenvalue weighted by Gasteiger charge is 2.23. The monoisotopic (exact) mass is 326 g/mol. The maximum absolute atomic E-state index is 2.69. The van der Waals surface area contributed by atoms with Gasteiger partial charge in [-0.2, -0.15) is 0 Å². The first-order valence-corrected chi connectivity index (χ1v) is 9.88. The van der Waals surface area contributed by atoms with Crippen LogP contribution in [0.4, 0.5) is 0 Å². The van der Waals surface area contributed by atoms with Gasteiger partial charge in [0.1, 0.15) is 0 Å². The Morgan fingerprint density at radius 2 is 1.48 bits per heavy atom. The molecule has 0 aromatic heterocycles. The molecule has 0 unspecified atom stereocenters. The number of rotatable bonds is 6. The summed E-state index contributed by atoms with van der Waals surface area (Å²) in [5.74, 6) is 0.937. The molecule has 2 heterocycles. The van der Waals surface area contributed by atoms with E-state index in [2.05, 4.69) is 47.5 Å². The highest BCUT2D eigenvalue weighted by Crippen LogP contribution is 2.19. The number of nitrogens with zero attached hydrogens (tertiary/aromatic N) is 4. The first kappa shape index (κ1) is 20.9. The molecule has 0 aliphatic carbocycles. The number of hydrogen-bond acceptors (Lipinski definition) is 4. The predicted octanol–water partition coefficient (Wildman–Crippen LogP) is 2.31. The third-order valence-electron chi connectivity index (χ3n) is 5.47. The molecule has 4 nitrogen and oxygen atoms in total. The van der Waals surface area contributed by atoms with Crippen LogP contribution in [-0.2, 0) is 0 Å². The fourth-order valence-electron chi connectivity index (χ4n) is 3.35. The summed E-state index contributed by atoms with van der Waals surface area (Å²) in [6.45, 7) is 20.0. The van der Waals surface area contributed by atoms with Crippen molar-refractivity contribution in [3.63, 3.8) is 0 Å². The third-order valence-corrected chi connectivity index (χ3v) is 5.47. The second-order valence-corrected chi connectivity index (χ2v) is 7.46. The Morgan fingerprint density at radius 1 is 0.913 bits per heavy atom. The summed E-state index contributed by atoms with van der Waals surface area (Å²) in [6, 6.07) is 0.666. The van der Waals surface area contributed by atoms with E-state index in [4.69, 9.17) is 0 Å². The van der Waals surface area contributed by atoms with Crippen molar-refractivity contribution in [1.82, 2.24) is 19.6 Å². The van der Waals surface area contributed by atoms with Crippen LogP contribution in [0.2, 0.25) is 0 Å². The second kappa shape index (κ2) is 11.4. The minimum Gasteiger partial charge on any atom is -0.304 e. The summed E-state index contributed by atoms with van der Waals surface area (Å²) >= 11 is 0. The van der Waals surface area contributed by atoms with E-state index in [0.717, 1.165) is 5.92 Å². The highest BCUT2D eigenvalue weighted by atomic mass is 15.2. The molecule has 2 aliphatic rings. The lowest BCUT2D eigenvalue weighted by Crippen LogP contribution is -2.47. The van der Waals surface area contributed by atoms with Crippen LogP contribution in [0.3, 0.4) is 0 Å². The van der Waals surface area contributed by atoms with Crippen molar-refractivity contribution in [2.45, 2.75) is 46.6 Å². The molecule has 0 aromatic rings. The van der Waals surface area contributed by atoms with Gasteiger partial charge in [-0.05, 0) is 59.8 Å². The maximum atomic E-state index is 2.69. The van der Waals surface area contributed by atoms with Crippen molar-refractivity contribution in [2.75, 3.05) is 73.0 Å². The summed E-state index contributed by atoms with van der Waals surface area (Å²) in [7, 11) is 4.48. The zero-order chi connectivity index (χ0) is 17.2. The molecule has 0 atom stereocenters. The molecule has 0 N–H and O–H groups in total. The summed E-state index contributed by atoms with van der Waals surface area (Å²) in [5, 5.41) is 0. The van der Waals surface area contributed by atoms with Crippen LogP contribution < -0.4 is 0 Å². The lowest BCUT2D eigenvalue weighted by molar-refractivity contribution is 0.101. The van der Waals surface area contributed by atoms with Gasteiger partial charge in [0, 0.05) is 51.9 Å². The van der Waals surface area contributed by atoms with Crippen LogP contribution >= 0.6 is 0 Å². The van der Waals surface area contributed by atoms with E-state index in [1.807, 2.05) is 13.8 Å². The Bertz CT molecular complexity index is 279. The minimum atomic E-state index is 0.666. The Kier molecular flexibility index (Phi) is 10.4. The summed E-state index contributed by atoms with van der Waals surface area (Å²) in [4.78, 5) is 10.3. The van der Waals surface area contributed by atoms with Gasteiger partial charge in [-0.1, -0.05) is 13.8 Å². The van der Waals surface area contributed by atoms with Crippen LogP contribution in [0.1, 0.15) is 40.5 Å². The lowest BCUT2D eigenvalue weighted by Gasteiger charge is -2.38. The fraction of sp³-hybridized carbons (Fsp3) is 1.00. The second-order valence-electron chi connectivity index (χ2n) is 7.46. The van der Waals surface area contributed by atoms with E-state index in [1.54, 1.807) is 0 Å². The van der Waals surface area contributed by atoms with Crippen molar-refractivity contribution in [3.8, 4) is 0 Å². The van der Waals surface area contributed by atoms with Gasteiger partial charge in [0.15, 0.2) is 0 Å². The quantitative estimate of drug-likeness (QED) is 0.742. The predicted molar refractivity (Wildman–Crippen MR) is 102 cm³/mol. The molecule has 4 heteroatoms. The van der Waals surface area contributed by atoms with Gasteiger partial charge in [0.05, 0.1) is 0 Å². The molecule has 0 radical (unpaired) electrons. The molecule has 0 spiro atoms. The molecular formula is C19H42N4. The first-order chi connectivity index (χ1) is 11.0. The number of likely N-dealkylation sites (N-methyl/N-ethyl adjacent to an activating group) is 2. The average molecular weight is 327 g/mol. The Hall–Kier alpha value is -0.160. The van der Waals surface area contributed by atoms with E-state index < -0.39 is 0 Å². The zero-order valence-electron chi connectivity index (χ0n) is 16.7. The Morgan fingerprint density at radius 3 is 2.00 bits per heavy atom. The first-order valence-electron chi connectivity index (χ1n) is 9.88. The smallest absolute Gasteiger partial charge is 0.0110 e. The molecule has 2 aliphatic heterocycles. The van der Waals surface area contributed by atoms with Crippen molar-refractivity contribution >= 4 is 0 Å². The van der Waals surface area contributed by atoms with Gasteiger partial charge < -0.3 is 19.6 Å². The van der Waals surface area contributed by atoms with Gasteiger partial charge >= 0.3 is 0 Å². The SMILES string of the molecule is CC.CC(C)N(C)CCN1CCC(CN2CCN(C)CC2)CC1. The van der Waals surface area contributed by atoms with E-state index in [0.29, 0.717) is 6.04 Å². The molecule has 23 heavy (non-hydrogen) atoms. The van der Waals surface area contributed by atoms with E-state index >= 15 is 0 Å². The molecular weight excluding hydrogens is 284 g/mol. The van der Waals surface area contributed by atoms with E-state index in [-0.39, 0.29) is 0 Å². The largest absolute Gasteiger partial charge is 0.304 e. The zero-order valence-corrected chi connectivity index (χ0v) is 16.7. The lowest BCUT2D eigenvalue weighted by atomic mass is 9.96. The topological polar surface area (TPSA) is 13.0 Å². The average Bonchev–Trinajstić information content (AvgIpc) is 2.57. The summed E-state index contributed by atoms with van der Waals surface area (Å²) in [5.41, 5.74) is 0. The molecule has 0 aromatic carbocycles. The minimum absolute atomic E-state index is 0.666. The third kappa shape index (κ3) is 7.97. The van der Waals surface area contributed by atoms with Crippen molar-refractivity contribution in [2.24, 2.45) is 5.92 Å².